The van der Waals surface area contributed by atoms with E-state index in [0.717, 1.165) is 32.2 Å². The summed E-state index contributed by atoms with van der Waals surface area (Å²) >= 11 is 2.01. The van der Waals surface area contributed by atoms with Crippen molar-refractivity contribution in [2.75, 3.05) is 12.3 Å². The highest BCUT2D eigenvalue weighted by Crippen LogP contribution is 2.28. The summed E-state index contributed by atoms with van der Waals surface area (Å²) < 4.78 is 0. The number of amides is 2. The van der Waals surface area contributed by atoms with E-state index in [1.165, 1.54) is 31.4 Å². The second-order valence-electron chi connectivity index (χ2n) is 6.55. The fourth-order valence-corrected chi connectivity index (χ4v) is 5.03. The van der Waals surface area contributed by atoms with Crippen LogP contribution in [0.4, 0.5) is 0 Å². The van der Waals surface area contributed by atoms with Gasteiger partial charge in [0.15, 0.2) is 0 Å². The molecule has 2 atom stereocenters. The molecule has 3 rings (SSSR count). The van der Waals surface area contributed by atoms with Crippen LogP contribution in [0, 0.1) is 0 Å². The van der Waals surface area contributed by atoms with Gasteiger partial charge in [-0.15, -0.1) is 0 Å². The second kappa shape index (κ2) is 7.14. The zero-order valence-electron chi connectivity index (χ0n) is 12.7. The van der Waals surface area contributed by atoms with E-state index in [0.29, 0.717) is 11.7 Å². The Bertz CT molecular complexity index is 390. The third-order valence-corrected chi connectivity index (χ3v) is 6.39. The summed E-state index contributed by atoms with van der Waals surface area (Å²) in [6.45, 7) is 0.868. The first-order valence-corrected chi connectivity index (χ1v) is 9.51. The molecule has 0 aromatic carbocycles. The molecule has 0 aromatic rings. The highest BCUT2D eigenvalue weighted by Gasteiger charge is 2.42. The first kappa shape index (κ1) is 15.3. The highest BCUT2D eigenvalue weighted by atomic mass is 32.2. The molecule has 1 N–H and O–H groups in total. The minimum absolute atomic E-state index is 0.0349. The van der Waals surface area contributed by atoms with Crippen molar-refractivity contribution in [2.24, 2.45) is 0 Å². The second-order valence-corrected chi connectivity index (χ2v) is 7.96. The van der Waals surface area contributed by atoms with Crippen LogP contribution in [0.1, 0.15) is 57.8 Å². The highest BCUT2D eigenvalue weighted by molar-refractivity contribution is 7.99. The number of rotatable bonds is 4. The normalized spacial score (nSPS) is 31.9. The first-order valence-electron chi connectivity index (χ1n) is 8.46. The average molecular weight is 310 g/mol. The van der Waals surface area contributed by atoms with E-state index in [2.05, 4.69) is 5.32 Å². The van der Waals surface area contributed by atoms with Crippen LogP contribution < -0.4 is 5.32 Å². The third-order valence-electron chi connectivity index (χ3n) is 4.99. The first-order chi connectivity index (χ1) is 10.3. The zero-order valence-corrected chi connectivity index (χ0v) is 13.5. The quantitative estimate of drug-likeness (QED) is 0.810. The number of likely N-dealkylation sites (tertiary alicyclic amines) is 1. The molecule has 1 aliphatic carbocycles. The molecular formula is C16H26N2O2S. The van der Waals surface area contributed by atoms with E-state index in [4.69, 9.17) is 0 Å². The number of carbonyl (C=O) groups excluding carboxylic acids is 2. The third kappa shape index (κ3) is 3.62. The monoisotopic (exact) mass is 310 g/mol. The Labute approximate surface area is 131 Å². The minimum Gasteiger partial charge on any atom is -0.304 e. The molecule has 2 saturated heterocycles. The van der Waals surface area contributed by atoms with Crippen LogP contribution >= 0.6 is 11.8 Å². The van der Waals surface area contributed by atoms with Crippen LogP contribution in [0.5, 0.6) is 0 Å². The van der Waals surface area contributed by atoms with E-state index in [-0.39, 0.29) is 23.9 Å². The predicted octanol–water partition coefficient (Wildman–Crippen LogP) is 2.32. The molecule has 4 nitrogen and oxygen atoms in total. The van der Waals surface area contributed by atoms with Gasteiger partial charge in [0, 0.05) is 17.8 Å². The topological polar surface area (TPSA) is 49.4 Å². The van der Waals surface area contributed by atoms with Crippen molar-refractivity contribution in [3.63, 3.8) is 0 Å². The Morgan fingerprint density at radius 2 is 1.81 bits per heavy atom. The maximum Gasteiger partial charge on any atom is 0.247 e. The zero-order chi connectivity index (χ0) is 14.7. The Hall–Kier alpha value is -0.550. The molecule has 2 heterocycles. The SMILES string of the molecule is O=C1CC(NCC2CCCCS2)C(=O)N1C1CCCCC1. The van der Waals surface area contributed by atoms with Crippen molar-refractivity contribution in [2.45, 2.75) is 75.1 Å². The van der Waals surface area contributed by atoms with E-state index >= 15 is 0 Å². The van der Waals surface area contributed by atoms with Gasteiger partial charge in [-0.05, 0) is 31.4 Å². The van der Waals surface area contributed by atoms with Gasteiger partial charge in [-0.3, -0.25) is 14.5 Å². The summed E-state index contributed by atoms with van der Waals surface area (Å²) in [6, 6.07) is -0.0865. The van der Waals surface area contributed by atoms with Gasteiger partial charge in [-0.1, -0.05) is 25.7 Å². The van der Waals surface area contributed by atoms with Gasteiger partial charge in [0.2, 0.25) is 11.8 Å². The van der Waals surface area contributed by atoms with Crippen molar-refractivity contribution >= 4 is 23.6 Å². The van der Waals surface area contributed by atoms with Gasteiger partial charge in [-0.2, -0.15) is 11.8 Å². The maximum atomic E-state index is 12.5. The summed E-state index contributed by atoms with van der Waals surface area (Å²) in [6.07, 6.45) is 9.77. The molecule has 3 aliphatic rings. The van der Waals surface area contributed by atoms with Crippen LogP contribution in [0.15, 0.2) is 0 Å². The number of hydrogen-bond acceptors (Lipinski definition) is 4. The summed E-state index contributed by atoms with van der Waals surface area (Å²) in [4.78, 5) is 26.3. The average Bonchev–Trinajstić information content (AvgIpc) is 2.81. The summed E-state index contributed by atoms with van der Waals surface area (Å²) in [5.41, 5.74) is 0. The van der Waals surface area contributed by atoms with Crippen molar-refractivity contribution in [1.82, 2.24) is 10.2 Å². The minimum atomic E-state index is -0.262. The number of nitrogens with one attached hydrogen (secondary N) is 1. The van der Waals surface area contributed by atoms with Crippen LogP contribution in [-0.2, 0) is 9.59 Å². The Morgan fingerprint density at radius 1 is 1.05 bits per heavy atom. The summed E-state index contributed by atoms with van der Waals surface area (Å²) in [7, 11) is 0. The number of thioether (sulfide) groups is 1. The number of nitrogens with zero attached hydrogens (tertiary/aromatic N) is 1. The van der Waals surface area contributed by atoms with Crippen LogP contribution in [0.3, 0.4) is 0 Å². The van der Waals surface area contributed by atoms with Crippen molar-refractivity contribution in [1.29, 1.82) is 0 Å². The standard InChI is InChI=1S/C16H26N2O2S/c19-15-10-14(17-11-13-8-4-5-9-21-13)16(20)18(15)12-6-2-1-3-7-12/h12-14,17H,1-11H2. The fraction of sp³-hybridized carbons (Fsp3) is 0.875. The van der Waals surface area contributed by atoms with Crippen molar-refractivity contribution in [3.8, 4) is 0 Å². The Kier molecular flexibility index (Phi) is 5.22. The predicted molar refractivity (Wildman–Crippen MR) is 85.2 cm³/mol. The van der Waals surface area contributed by atoms with Gasteiger partial charge in [0.1, 0.15) is 0 Å². The Morgan fingerprint density at radius 3 is 2.52 bits per heavy atom. The lowest BCUT2D eigenvalue weighted by atomic mass is 9.94. The molecule has 3 fully saturated rings. The van der Waals surface area contributed by atoms with Gasteiger partial charge in [-0.25, -0.2) is 0 Å². The summed E-state index contributed by atoms with van der Waals surface area (Å²) in [5.74, 6) is 1.31. The van der Waals surface area contributed by atoms with Gasteiger partial charge in [0.05, 0.1) is 12.5 Å². The fourth-order valence-electron chi connectivity index (χ4n) is 3.78. The smallest absolute Gasteiger partial charge is 0.247 e. The van der Waals surface area contributed by atoms with Crippen molar-refractivity contribution in [3.05, 3.63) is 0 Å². The van der Waals surface area contributed by atoms with Gasteiger partial charge < -0.3 is 5.32 Å². The van der Waals surface area contributed by atoms with Gasteiger partial charge >= 0.3 is 0 Å². The van der Waals surface area contributed by atoms with Crippen LogP contribution in [0.25, 0.3) is 0 Å². The number of imide groups is 1. The molecule has 0 radical (unpaired) electrons. The molecule has 21 heavy (non-hydrogen) atoms. The number of carbonyl (C=O) groups is 2. The van der Waals surface area contributed by atoms with E-state index < -0.39 is 0 Å². The van der Waals surface area contributed by atoms with Gasteiger partial charge in [0.25, 0.3) is 0 Å². The lowest BCUT2D eigenvalue weighted by molar-refractivity contribution is -0.142. The molecule has 1 saturated carbocycles. The lowest BCUT2D eigenvalue weighted by Gasteiger charge is -2.30. The lowest BCUT2D eigenvalue weighted by Crippen LogP contribution is -2.45. The van der Waals surface area contributed by atoms with Crippen LogP contribution in [0.2, 0.25) is 0 Å². The van der Waals surface area contributed by atoms with E-state index in [1.54, 1.807) is 4.90 Å². The van der Waals surface area contributed by atoms with E-state index in [1.807, 2.05) is 11.8 Å². The molecular weight excluding hydrogens is 284 g/mol. The molecule has 0 bridgehead atoms. The van der Waals surface area contributed by atoms with Crippen molar-refractivity contribution < 1.29 is 9.59 Å². The molecule has 0 spiro atoms. The molecule has 2 unspecified atom stereocenters. The molecule has 5 heteroatoms. The molecule has 2 amide bonds. The molecule has 118 valence electrons. The van der Waals surface area contributed by atoms with E-state index in [9.17, 15) is 9.59 Å². The molecule has 2 aliphatic heterocycles. The largest absolute Gasteiger partial charge is 0.304 e. The Balaban J connectivity index is 1.52. The van der Waals surface area contributed by atoms with Crippen LogP contribution in [-0.4, -0.2) is 46.3 Å². The summed E-state index contributed by atoms with van der Waals surface area (Å²) in [5, 5.41) is 3.98. The maximum absolute atomic E-state index is 12.5. The molecule has 0 aromatic heterocycles. The number of hydrogen-bond donors (Lipinski definition) is 1.